The normalized spacial score (nSPS) is 13.6. The standard InChI is InChI=1S/C25H22N4O6/c1-12-7-15(13(2)26-18-6-4-3-5-14(18)24(32)33)22-16(8-12)20(30)9-21(35-22)29-10-17-19(11-29)27-25(34)28-23(17)31/h3-9,13,26H,10-11H2,1-2H3,(H,32,33)(H2,27,28,31,34). The Labute approximate surface area is 197 Å². The Balaban J connectivity index is 1.58. The third-order valence-electron chi connectivity index (χ3n) is 6.12. The van der Waals surface area contributed by atoms with E-state index in [1.807, 2.05) is 19.9 Å². The molecule has 0 bridgehead atoms. The van der Waals surface area contributed by atoms with Gasteiger partial charge in [0.05, 0.1) is 35.6 Å². The first kappa shape index (κ1) is 22.2. The number of nitrogens with one attached hydrogen (secondary N) is 3. The van der Waals surface area contributed by atoms with Crippen LogP contribution in [0.5, 0.6) is 0 Å². The number of fused-ring (bicyclic) bond motifs is 2. The van der Waals surface area contributed by atoms with Gasteiger partial charge in [0.15, 0.2) is 5.43 Å². The average Bonchev–Trinajstić information content (AvgIpc) is 3.23. The van der Waals surface area contributed by atoms with Crippen LogP contribution in [0.25, 0.3) is 11.0 Å². The molecule has 1 aliphatic rings. The average molecular weight is 474 g/mol. The van der Waals surface area contributed by atoms with Crippen molar-refractivity contribution in [2.75, 3.05) is 10.2 Å². The molecule has 35 heavy (non-hydrogen) atoms. The summed E-state index contributed by atoms with van der Waals surface area (Å²) in [5.41, 5.74) is 2.06. The first-order valence-corrected chi connectivity index (χ1v) is 11.0. The molecule has 4 N–H and O–H groups in total. The molecule has 1 aliphatic heterocycles. The fourth-order valence-corrected chi connectivity index (χ4v) is 4.46. The summed E-state index contributed by atoms with van der Waals surface area (Å²) in [6.07, 6.45) is 0. The minimum absolute atomic E-state index is 0.132. The number of aromatic carboxylic acids is 1. The Hall–Kier alpha value is -4.60. The van der Waals surface area contributed by atoms with E-state index in [0.29, 0.717) is 33.5 Å². The van der Waals surface area contributed by atoms with Crippen molar-refractivity contribution < 1.29 is 14.3 Å². The van der Waals surface area contributed by atoms with Crippen molar-refractivity contribution in [1.82, 2.24) is 9.97 Å². The van der Waals surface area contributed by atoms with Crippen LogP contribution in [0.15, 0.2) is 61.3 Å². The molecular formula is C25H22N4O6. The molecule has 0 aliphatic carbocycles. The van der Waals surface area contributed by atoms with Gasteiger partial charge in [-0.3, -0.25) is 14.6 Å². The van der Waals surface area contributed by atoms with Gasteiger partial charge >= 0.3 is 11.7 Å². The quantitative estimate of drug-likeness (QED) is 0.345. The van der Waals surface area contributed by atoms with Crippen molar-refractivity contribution in [2.45, 2.75) is 33.0 Å². The zero-order chi connectivity index (χ0) is 24.9. The second kappa shape index (κ2) is 8.32. The number of aryl methyl sites for hydroxylation is 1. The first-order valence-electron chi connectivity index (χ1n) is 11.0. The fourth-order valence-electron chi connectivity index (χ4n) is 4.46. The molecule has 5 rings (SSSR count). The zero-order valence-electron chi connectivity index (χ0n) is 19.0. The van der Waals surface area contributed by atoms with E-state index in [1.54, 1.807) is 29.2 Å². The highest BCUT2D eigenvalue weighted by Gasteiger charge is 2.26. The summed E-state index contributed by atoms with van der Waals surface area (Å²) in [6, 6.07) is 11.2. The van der Waals surface area contributed by atoms with E-state index in [2.05, 4.69) is 15.3 Å². The fraction of sp³-hybridized carbons (Fsp3) is 0.200. The van der Waals surface area contributed by atoms with Crippen LogP contribution in [0.3, 0.4) is 0 Å². The smallest absolute Gasteiger partial charge is 0.337 e. The maximum atomic E-state index is 13.1. The molecule has 2 aromatic heterocycles. The Bertz CT molecular complexity index is 1670. The molecule has 178 valence electrons. The molecular weight excluding hydrogens is 452 g/mol. The van der Waals surface area contributed by atoms with E-state index in [4.69, 9.17) is 4.42 Å². The van der Waals surface area contributed by atoms with Crippen molar-refractivity contribution in [3.63, 3.8) is 0 Å². The van der Waals surface area contributed by atoms with Gasteiger partial charge < -0.3 is 24.7 Å². The summed E-state index contributed by atoms with van der Waals surface area (Å²) in [5, 5.41) is 13.1. The van der Waals surface area contributed by atoms with Gasteiger partial charge in [-0.25, -0.2) is 9.59 Å². The second-order valence-corrected chi connectivity index (χ2v) is 8.62. The lowest BCUT2D eigenvalue weighted by molar-refractivity contribution is 0.0698. The number of hydrogen-bond acceptors (Lipinski definition) is 7. The number of aromatic nitrogens is 2. The lowest BCUT2D eigenvalue weighted by Gasteiger charge is -2.21. The Morgan fingerprint density at radius 2 is 1.89 bits per heavy atom. The minimum atomic E-state index is -1.05. The van der Waals surface area contributed by atoms with Crippen LogP contribution < -0.4 is 26.9 Å². The van der Waals surface area contributed by atoms with Gasteiger partial charge in [-0.05, 0) is 37.6 Å². The predicted molar refractivity (Wildman–Crippen MR) is 130 cm³/mol. The molecule has 0 radical (unpaired) electrons. The maximum absolute atomic E-state index is 13.1. The molecule has 0 fully saturated rings. The van der Waals surface area contributed by atoms with Gasteiger partial charge in [-0.2, -0.15) is 0 Å². The molecule has 0 spiro atoms. The Kier molecular flexibility index (Phi) is 5.28. The van der Waals surface area contributed by atoms with Crippen LogP contribution >= 0.6 is 0 Å². The number of para-hydroxylation sites is 1. The highest BCUT2D eigenvalue weighted by Crippen LogP contribution is 2.32. The van der Waals surface area contributed by atoms with Gasteiger partial charge in [0.1, 0.15) is 5.58 Å². The first-order chi connectivity index (χ1) is 16.7. The number of nitrogens with zero attached hydrogens (tertiary/aromatic N) is 1. The number of hydrogen-bond donors (Lipinski definition) is 4. The highest BCUT2D eigenvalue weighted by atomic mass is 16.4. The molecule has 0 amide bonds. The summed E-state index contributed by atoms with van der Waals surface area (Å²) >= 11 is 0. The van der Waals surface area contributed by atoms with E-state index < -0.39 is 23.3 Å². The summed E-state index contributed by atoms with van der Waals surface area (Å²) in [5.74, 6) is -0.785. The number of carbonyl (C=O) groups is 1. The van der Waals surface area contributed by atoms with Gasteiger partial charge in [0, 0.05) is 23.0 Å². The Morgan fingerprint density at radius 3 is 2.66 bits per heavy atom. The molecule has 1 atom stereocenters. The largest absolute Gasteiger partial charge is 0.478 e. The van der Waals surface area contributed by atoms with Crippen LogP contribution in [0, 0.1) is 6.92 Å². The lowest BCUT2D eigenvalue weighted by Crippen LogP contribution is -2.25. The maximum Gasteiger partial charge on any atom is 0.337 e. The lowest BCUT2D eigenvalue weighted by atomic mass is 10.0. The van der Waals surface area contributed by atoms with E-state index in [0.717, 1.165) is 5.56 Å². The molecule has 3 heterocycles. The van der Waals surface area contributed by atoms with Crippen LogP contribution in [0.2, 0.25) is 0 Å². The zero-order valence-corrected chi connectivity index (χ0v) is 19.0. The molecule has 10 nitrogen and oxygen atoms in total. The summed E-state index contributed by atoms with van der Waals surface area (Å²) < 4.78 is 6.22. The van der Waals surface area contributed by atoms with Gasteiger partial charge in [0.2, 0.25) is 5.88 Å². The molecule has 2 aromatic carbocycles. The van der Waals surface area contributed by atoms with E-state index in [9.17, 15) is 24.3 Å². The molecule has 0 saturated carbocycles. The van der Waals surface area contributed by atoms with Crippen molar-refractivity contribution in [3.05, 3.63) is 101 Å². The summed E-state index contributed by atoms with van der Waals surface area (Å²) in [7, 11) is 0. The minimum Gasteiger partial charge on any atom is -0.478 e. The van der Waals surface area contributed by atoms with Crippen molar-refractivity contribution in [1.29, 1.82) is 0 Å². The summed E-state index contributed by atoms with van der Waals surface area (Å²) in [4.78, 5) is 55.1. The monoisotopic (exact) mass is 474 g/mol. The third-order valence-corrected chi connectivity index (χ3v) is 6.12. The van der Waals surface area contributed by atoms with Gasteiger partial charge in [-0.15, -0.1) is 0 Å². The van der Waals surface area contributed by atoms with E-state index >= 15 is 0 Å². The van der Waals surface area contributed by atoms with Crippen LogP contribution in [0.1, 0.15) is 45.7 Å². The molecule has 4 aromatic rings. The predicted octanol–water partition coefficient (Wildman–Crippen LogP) is 2.87. The van der Waals surface area contributed by atoms with Crippen molar-refractivity contribution >= 4 is 28.5 Å². The van der Waals surface area contributed by atoms with Gasteiger partial charge in [-0.1, -0.05) is 18.2 Å². The number of anilines is 2. The molecule has 1 unspecified atom stereocenters. The summed E-state index contributed by atoms with van der Waals surface area (Å²) in [6.45, 7) is 4.12. The van der Waals surface area contributed by atoms with E-state index in [1.165, 1.54) is 12.1 Å². The van der Waals surface area contributed by atoms with Crippen LogP contribution in [-0.2, 0) is 13.1 Å². The van der Waals surface area contributed by atoms with Gasteiger partial charge in [0.25, 0.3) is 5.56 Å². The molecule has 0 saturated heterocycles. The third kappa shape index (κ3) is 3.99. The number of carboxylic acids is 1. The number of rotatable bonds is 5. The number of aromatic amines is 2. The van der Waals surface area contributed by atoms with Crippen LogP contribution in [0.4, 0.5) is 11.6 Å². The van der Waals surface area contributed by atoms with Crippen molar-refractivity contribution in [3.8, 4) is 0 Å². The number of benzene rings is 2. The SMILES string of the molecule is Cc1cc(C(C)Nc2ccccc2C(=O)O)c2oc(N3Cc4[nH]c(=O)[nH]c(=O)c4C3)cc(=O)c2c1. The highest BCUT2D eigenvalue weighted by molar-refractivity contribution is 5.94. The van der Waals surface area contributed by atoms with Crippen LogP contribution in [-0.4, -0.2) is 21.0 Å². The molecule has 10 heteroatoms. The van der Waals surface area contributed by atoms with Crippen molar-refractivity contribution in [2.24, 2.45) is 0 Å². The topological polar surface area (TPSA) is 148 Å². The second-order valence-electron chi connectivity index (χ2n) is 8.62. The number of H-pyrrole nitrogens is 2. The Morgan fingerprint density at radius 1 is 1.11 bits per heavy atom. The number of carboxylic acid groups (broad SMARTS) is 1. The van der Waals surface area contributed by atoms with E-state index in [-0.39, 0.29) is 30.0 Å².